The number of benzene rings is 4. The molecule has 0 aliphatic carbocycles. The Morgan fingerprint density at radius 1 is 0.500 bits per heavy atom. The first-order valence-electron chi connectivity index (χ1n) is 8.06. The van der Waals surface area contributed by atoms with Gasteiger partial charge in [-0.05, 0) is 35.7 Å². The Bertz CT molecular complexity index is 1000. The van der Waals surface area contributed by atoms with Crippen LogP contribution in [0.2, 0.25) is 0 Å². The Kier molecular flexibility index (Phi) is 2.83. The molecule has 1 aliphatic heterocycles. The molecule has 24 heavy (non-hydrogen) atoms. The second-order valence-corrected chi connectivity index (χ2v) is 5.87. The summed E-state index contributed by atoms with van der Waals surface area (Å²) in [6.45, 7) is 0. The maximum Gasteiger partial charge on any atom is 0.151 e. The van der Waals surface area contributed by atoms with Crippen LogP contribution in [0.5, 0.6) is 11.5 Å². The maximum atomic E-state index is 6.10. The smallest absolute Gasteiger partial charge is 0.151 e. The van der Waals surface area contributed by atoms with E-state index in [-0.39, 0.29) is 0 Å². The molecule has 1 heterocycles. The molecule has 0 saturated carbocycles. The molecule has 0 N–H and O–H groups in total. The van der Waals surface area contributed by atoms with Gasteiger partial charge in [-0.2, -0.15) is 0 Å². The van der Waals surface area contributed by atoms with Crippen molar-refractivity contribution in [1.29, 1.82) is 0 Å². The highest BCUT2D eigenvalue weighted by atomic mass is 16.5. The van der Waals surface area contributed by atoms with E-state index in [1.165, 1.54) is 10.8 Å². The molecule has 4 aromatic carbocycles. The van der Waals surface area contributed by atoms with E-state index >= 15 is 0 Å². The summed E-state index contributed by atoms with van der Waals surface area (Å²) in [6.07, 6.45) is 0. The number of hydrogen-bond acceptors (Lipinski definition) is 2. The van der Waals surface area contributed by atoms with E-state index in [0.29, 0.717) is 0 Å². The minimum Gasteiger partial charge on any atom is -0.453 e. The first-order valence-corrected chi connectivity index (χ1v) is 8.06. The third-order valence-corrected chi connectivity index (χ3v) is 4.44. The highest BCUT2D eigenvalue weighted by molar-refractivity contribution is 6.00. The lowest BCUT2D eigenvalue weighted by Gasteiger charge is -2.33. The van der Waals surface area contributed by atoms with Gasteiger partial charge < -0.3 is 9.64 Å². The zero-order valence-electron chi connectivity index (χ0n) is 13.0. The lowest BCUT2D eigenvalue weighted by Crippen LogP contribution is -2.15. The molecule has 0 unspecified atom stereocenters. The Hall–Kier alpha value is -3.26. The molecule has 4 aromatic rings. The van der Waals surface area contributed by atoms with E-state index in [1.54, 1.807) is 0 Å². The first kappa shape index (κ1) is 13.2. The van der Waals surface area contributed by atoms with E-state index in [9.17, 15) is 0 Å². The summed E-state index contributed by atoms with van der Waals surface area (Å²) in [7, 11) is 0. The predicted octanol–water partition coefficient (Wildman–Crippen LogP) is 6.42. The molecule has 0 bridgehead atoms. The van der Waals surface area contributed by atoms with Crippen LogP contribution in [0, 0.1) is 0 Å². The molecule has 0 fully saturated rings. The van der Waals surface area contributed by atoms with Crippen LogP contribution in [0.15, 0.2) is 91.0 Å². The normalized spacial score (nSPS) is 12.4. The number of fused-ring (bicyclic) bond motifs is 3. The van der Waals surface area contributed by atoms with Crippen LogP contribution in [0.3, 0.4) is 0 Å². The lowest BCUT2D eigenvalue weighted by atomic mass is 10.1. The van der Waals surface area contributed by atoms with Gasteiger partial charge in [-0.1, -0.05) is 60.7 Å². The number of ether oxygens (including phenoxy) is 1. The summed E-state index contributed by atoms with van der Waals surface area (Å²) < 4.78 is 6.10. The third kappa shape index (κ3) is 1.90. The van der Waals surface area contributed by atoms with Crippen LogP contribution in [0.25, 0.3) is 10.8 Å². The maximum absolute atomic E-state index is 6.10. The number of hydrogen-bond donors (Lipinski definition) is 0. The molecule has 1 aliphatic rings. The average Bonchev–Trinajstić information content (AvgIpc) is 2.66. The monoisotopic (exact) mass is 309 g/mol. The van der Waals surface area contributed by atoms with Gasteiger partial charge in [0.25, 0.3) is 0 Å². The van der Waals surface area contributed by atoms with Gasteiger partial charge in [0.1, 0.15) is 0 Å². The Balaban J connectivity index is 1.84. The van der Waals surface area contributed by atoms with Crippen molar-refractivity contribution in [3.63, 3.8) is 0 Å². The van der Waals surface area contributed by atoms with Crippen molar-refractivity contribution >= 4 is 27.8 Å². The van der Waals surface area contributed by atoms with Gasteiger partial charge in [-0.3, -0.25) is 0 Å². The van der Waals surface area contributed by atoms with E-state index < -0.39 is 0 Å². The van der Waals surface area contributed by atoms with Crippen LogP contribution in [-0.4, -0.2) is 0 Å². The van der Waals surface area contributed by atoms with Crippen molar-refractivity contribution in [2.24, 2.45) is 0 Å². The average molecular weight is 309 g/mol. The van der Waals surface area contributed by atoms with E-state index in [4.69, 9.17) is 4.74 Å². The van der Waals surface area contributed by atoms with Gasteiger partial charge in [-0.25, -0.2) is 0 Å². The number of para-hydroxylation sites is 4. The largest absolute Gasteiger partial charge is 0.453 e. The molecule has 2 heteroatoms. The summed E-state index contributed by atoms with van der Waals surface area (Å²) in [5.74, 6) is 1.76. The van der Waals surface area contributed by atoms with Gasteiger partial charge in [0.2, 0.25) is 0 Å². The fourth-order valence-electron chi connectivity index (χ4n) is 3.37. The molecule has 114 valence electrons. The van der Waals surface area contributed by atoms with Gasteiger partial charge in [-0.15, -0.1) is 0 Å². The van der Waals surface area contributed by atoms with Crippen molar-refractivity contribution in [1.82, 2.24) is 0 Å². The quantitative estimate of drug-likeness (QED) is 0.354. The van der Waals surface area contributed by atoms with Gasteiger partial charge >= 0.3 is 0 Å². The zero-order chi connectivity index (χ0) is 15.9. The Morgan fingerprint density at radius 3 is 1.79 bits per heavy atom. The molecule has 0 spiro atoms. The molecular weight excluding hydrogens is 294 g/mol. The summed E-state index contributed by atoms with van der Waals surface area (Å²) in [5, 5.41) is 2.46. The molecule has 0 atom stereocenters. The summed E-state index contributed by atoms with van der Waals surface area (Å²) in [5.41, 5.74) is 3.29. The minimum atomic E-state index is 0.879. The van der Waals surface area contributed by atoms with Crippen molar-refractivity contribution in [2.45, 2.75) is 0 Å². The summed E-state index contributed by atoms with van der Waals surface area (Å²) in [6, 6.07) is 31.3. The van der Waals surface area contributed by atoms with Crippen molar-refractivity contribution in [2.75, 3.05) is 4.90 Å². The third-order valence-electron chi connectivity index (χ3n) is 4.44. The van der Waals surface area contributed by atoms with Crippen LogP contribution in [0.1, 0.15) is 0 Å². The second kappa shape index (κ2) is 5.14. The highest BCUT2D eigenvalue weighted by Crippen LogP contribution is 2.51. The standard InChI is InChI=1S/C22H15NO/c1-2-10-17-16(8-1)9-7-13-18(17)23-19-11-3-5-14-21(19)24-22-15-6-4-12-20(22)23/h1-15H. The lowest BCUT2D eigenvalue weighted by molar-refractivity contribution is 0.477. The SMILES string of the molecule is c1ccc2c(c1)Oc1ccccc1N2c1cccc2ccccc12. The van der Waals surface area contributed by atoms with E-state index in [2.05, 4.69) is 59.5 Å². The van der Waals surface area contributed by atoms with E-state index in [1.807, 2.05) is 36.4 Å². The predicted molar refractivity (Wildman–Crippen MR) is 98.7 cm³/mol. The van der Waals surface area contributed by atoms with Crippen molar-refractivity contribution in [3.05, 3.63) is 91.0 Å². The Morgan fingerprint density at radius 2 is 1.04 bits per heavy atom. The summed E-state index contributed by atoms with van der Waals surface area (Å²) in [4.78, 5) is 2.29. The highest BCUT2D eigenvalue weighted by Gasteiger charge is 2.25. The number of anilines is 3. The molecular formula is C22H15NO. The number of rotatable bonds is 1. The van der Waals surface area contributed by atoms with Crippen LogP contribution >= 0.6 is 0 Å². The van der Waals surface area contributed by atoms with Crippen molar-refractivity contribution < 1.29 is 4.74 Å². The summed E-state index contributed by atoms with van der Waals surface area (Å²) >= 11 is 0. The topological polar surface area (TPSA) is 12.5 Å². The van der Waals surface area contributed by atoms with Crippen LogP contribution in [0.4, 0.5) is 17.1 Å². The molecule has 0 saturated heterocycles. The fraction of sp³-hybridized carbons (Fsp3) is 0. The molecule has 0 aromatic heterocycles. The van der Waals surface area contributed by atoms with Gasteiger partial charge in [0.05, 0.1) is 17.1 Å². The number of nitrogens with zero attached hydrogens (tertiary/aromatic N) is 1. The first-order chi connectivity index (χ1) is 11.9. The van der Waals surface area contributed by atoms with Gasteiger partial charge in [0, 0.05) is 5.39 Å². The van der Waals surface area contributed by atoms with Crippen LogP contribution in [-0.2, 0) is 0 Å². The molecule has 2 nitrogen and oxygen atoms in total. The van der Waals surface area contributed by atoms with Crippen LogP contribution < -0.4 is 9.64 Å². The van der Waals surface area contributed by atoms with E-state index in [0.717, 1.165) is 28.6 Å². The second-order valence-electron chi connectivity index (χ2n) is 5.87. The van der Waals surface area contributed by atoms with Crippen molar-refractivity contribution in [3.8, 4) is 11.5 Å². The molecule has 5 rings (SSSR count). The minimum absolute atomic E-state index is 0.879. The molecule has 0 amide bonds. The van der Waals surface area contributed by atoms with Gasteiger partial charge in [0.15, 0.2) is 11.5 Å². The fourth-order valence-corrected chi connectivity index (χ4v) is 3.37. The Labute approximate surface area is 140 Å². The molecule has 0 radical (unpaired) electrons. The zero-order valence-corrected chi connectivity index (χ0v) is 13.0.